The average Bonchev–Trinajstić information content (AvgIpc) is 3.47. The Hall–Kier alpha value is -3.98. The Morgan fingerprint density at radius 2 is 1.62 bits per heavy atom. The first-order valence-electron chi connectivity index (χ1n) is 14.6. The maximum atomic E-state index is 12.7. The van der Waals surface area contributed by atoms with Gasteiger partial charge in [-0.1, -0.05) is 31.2 Å². The maximum absolute atomic E-state index is 12.7. The number of nitrogens with zero attached hydrogens (tertiary/aromatic N) is 3. The monoisotopic (exact) mass is 587 g/mol. The number of nitrogens with one attached hydrogen (secondary N) is 2. The zero-order valence-corrected chi connectivity index (χ0v) is 25.6. The second kappa shape index (κ2) is 16.5. The highest BCUT2D eigenvalue weighted by Gasteiger charge is 2.16. The predicted octanol–water partition coefficient (Wildman–Crippen LogP) is 7.08. The molecule has 2 aromatic carbocycles. The molecule has 0 bridgehead atoms. The van der Waals surface area contributed by atoms with Gasteiger partial charge in [0.25, 0.3) is 0 Å². The van der Waals surface area contributed by atoms with Gasteiger partial charge in [-0.2, -0.15) is 0 Å². The number of thioether (sulfide) groups is 1. The summed E-state index contributed by atoms with van der Waals surface area (Å²) in [4.78, 5) is 27.6. The van der Waals surface area contributed by atoms with Crippen LogP contribution in [0.25, 0.3) is 22.5 Å². The average molecular weight is 588 g/mol. The van der Waals surface area contributed by atoms with E-state index in [1.807, 2.05) is 71.6 Å². The summed E-state index contributed by atoms with van der Waals surface area (Å²) in [5.74, 6) is 2.57. The summed E-state index contributed by atoms with van der Waals surface area (Å²) in [5, 5.41) is 3.92. The highest BCUT2D eigenvalue weighted by atomic mass is 32.2. The van der Waals surface area contributed by atoms with Crippen molar-refractivity contribution in [3.63, 3.8) is 0 Å². The summed E-state index contributed by atoms with van der Waals surface area (Å²) < 4.78 is 10.7. The smallest absolute Gasteiger partial charge is 0.317 e. The van der Waals surface area contributed by atoms with Crippen molar-refractivity contribution >= 4 is 17.8 Å². The van der Waals surface area contributed by atoms with E-state index in [0.717, 1.165) is 89.3 Å². The van der Waals surface area contributed by atoms with Crippen molar-refractivity contribution in [3.8, 4) is 34.0 Å². The minimum absolute atomic E-state index is 0.00913. The molecule has 2 amide bonds. The lowest BCUT2D eigenvalue weighted by Crippen LogP contribution is -2.42. The molecule has 0 unspecified atom stereocenters. The largest absolute Gasteiger partial charge is 0.497 e. The summed E-state index contributed by atoms with van der Waals surface area (Å²) in [5.41, 5.74) is 4.97. The maximum Gasteiger partial charge on any atom is 0.317 e. The second-order valence-corrected chi connectivity index (χ2v) is 11.0. The molecule has 4 aromatic rings. The number of hydrogen-bond donors (Lipinski definition) is 2. The van der Waals surface area contributed by atoms with Gasteiger partial charge in [-0.05, 0) is 79.9 Å². The van der Waals surface area contributed by atoms with Crippen molar-refractivity contribution in [2.45, 2.75) is 44.2 Å². The molecule has 9 heteroatoms. The predicted molar refractivity (Wildman–Crippen MR) is 170 cm³/mol. The molecule has 0 fully saturated rings. The van der Waals surface area contributed by atoms with Crippen molar-refractivity contribution < 1.29 is 14.3 Å². The number of pyridine rings is 1. The Balaban J connectivity index is 1.33. The van der Waals surface area contributed by atoms with Crippen LogP contribution >= 0.6 is 11.8 Å². The van der Waals surface area contributed by atoms with Crippen LogP contribution in [-0.2, 0) is 6.42 Å². The number of carbonyl (C=O) groups excluding carboxylic acids is 1. The fourth-order valence-corrected chi connectivity index (χ4v) is 5.42. The first kappa shape index (κ1) is 31.0. The van der Waals surface area contributed by atoms with Crippen molar-refractivity contribution in [1.29, 1.82) is 0 Å². The van der Waals surface area contributed by atoms with Crippen LogP contribution in [0, 0.1) is 0 Å². The van der Waals surface area contributed by atoms with E-state index in [9.17, 15) is 4.79 Å². The molecule has 2 N–H and O–H groups in total. The zero-order chi connectivity index (χ0) is 29.6. The number of benzene rings is 2. The van der Waals surface area contributed by atoms with Gasteiger partial charge >= 0.3 is 6.03 Å². The summed E-state index contributed by atoms with van der Waals surface area (Å²) in [6.45, 7) is 4.15. The molecule has 4 rings (SSSR count). The first-order chi connectivity index (χ1) is 20.6. The number of imidazole rings is 1. The quantitative estimate of drug-likeness (QED) is 0.107. The zero-order valence-electron chi connectivity index (χ0n) is 24.8. The highest BCUT2D eigenvalue weighted by molar-refractivity contribution is 7.99. The molecule has 2 heterocycles. The topological polar surface area (TPSA) is 92.4 Å². The fourth-order valence-electron chi connectivity index (χ4n) is 4.55. The van der Waals surface area contributed by atoms with Gasteiger partial charge in [0.1, 0.15) is 11.5 Å². The van der Waals surface area contributed by atoms with Crippen LogP contribution in [0.4, 0.5) is 4.79 Å². The third-order valence-corrected chi connectivity index (χ3v) is 7.87. The number of H-pyrrole nitrogens is 1. The Morgan fingerprint density at radius 3 is 2.26 bits per heavy atom. The van der Waals surface area contributed by atoms with Gasteiger partial charge < -0.3 is 24.7 Å². The lowest BCUT2D eigenvalue weighted by Gasteiger charge is -2.23. The van der Waals surface area contributed by atoms with E-state index in [1.165, 1.54) is 0 Å². The number of hydrogen-bond acceptors (Lipinski definition) is 6. The van der Waals surface area contributed by atoms with Crippen LogP contribution in [0.1, 0.15) is 38.3 Å². The summed E-state index contributed by atoms with van der Waals surface area (Å²) >= 11 is 1.73. The van der Waals surface area contributed by atoms with E-state index in [2.05, 4.69) is 22.2 Å². The van der Waals surface area contributed by atoms with Crippen molar-refractivity contribution in [3.05, 3.63) is 78.6 Å². The molecule has 42 heavy (non-hydrogen) atoms. The second-order valence-electron chi connectivity index (χ2n) is 9.92. The molecule has 0 aliphatic heterocycles. The van der Waals surface area contributed by atoms with E-state index < -0.39 is 0 Å². The minimum Gasteiger partial charge on any atom is -0.497 e. The normalized spacial score (nSPS) is 10.8. The number of unbranched alkanes of at least 4 members (excludes halogenated alkanes) is 2. The molecule has 0 aliphatic rings. The summed E-state index contributed by atoms with van der Waals surface area (Å²) in [6.07, 6.45) is 6.49. The van der Waals surface area contributed by atoms with Crippen LogP contribution in [0.5, 0.6) is 11.5 Å². The number of aromatic nitrogens is 3. The molecule has 0 spiro atoms. The molecule has 8 nitrogen and oxygen atoms in total. The third-order valence-electron chi connectivity index (χ3n) is 6.91. The first-order valence-corrected chi connectivity index (χ1v) is 15.5. The third kappa shape index (κ3) is 9.01. The van der Waals surface area contributed by atoms with Gasteiger partial charge in [-0.25, -0.2) is 9.78 Å². The number of methoxy groups -OCH3 is 2. The van der Waals surface area contributed by atoms with Gasteiger partial charge in [0.2, 0.25) is 0 Å². The standard InChI is InChI=1S/C33H41N5O3S/c1-4-20-35-33(39)38(23-19-27-10-6-7-21-34-27)22-8-5-9-24-42-32-36-30(25-11-15-28(40-2)16-12-25)31(37-32)26-13-17-29(41-3)18-14-26/h6-7,10-18,21H,4-5,8-9,19-20,22-24H2,1-3H3,(H,35,39)(H,36,37). The van der Waals surface area contributed by atoms with E-state index in [-0.39, 0.29) is 6.03 Å². The van der Waals surface area contributed by atoms with Crippen LogP contribution in [0.2, 0.25) is 0 Å². The Bertz CT molecular complexity index is 1300. The Labute approximate surface area is 253 Å². The highest BCUT2D eigenvalue weighted by Crippen LogP contribution is 2.34. The van der Waals surface area contributed by atoms with Crippen molar-refractivity contribution in [1.82, 2.24) is 25.2 Å². The number of aromatic amines is 1. The molecule has 222 valence electrons. The van der Waals surface area contributed by atoms with E-state index in [1.54, 1.807) is 32.2 Å². The lowest BCUT2D eigenvalue weighted by atomic mass is 10.0. The molecule has 0 aliphatic carbocycles. The Kier molecular flexibility index (Phi) is 12.1. The van der Waals surface area contributed by atoms with Gasteiger partial charge in [0.15, 0.2) is 5.16 Å². The minimum atomic E-state index is 0.00913. The van der Waals surface area contributed by atoms with Crippen LogP contribution in [0.3, 0.4) is 0 Å². The number of amides is 2. The number of ether oxygens (including phenoxy) is 2. The van der Waals surface area contributed by atoms with Crippen molar-refractivity contribution in [2.24, 2.45) is 0 Å². The van der Waals surface area contributed by atoms with Gasteiger partial charge in [0.05, 0.1) is 25.6 Å². The molecule has 2 aromatic heterocycles. The summed E-state index contributed by atoms with van der Waals surface area (Å²) in [7, 11) is 3.34. The molecular weight excluding hydrogens is 546 g/mol. The molecular formula is C33H41N5O3S. The molecule has 0 atom stereocenters. The van der Waals surface area contributed by atoms with E-state index in [0.29, 0.717) is 13.1 Å². The fraction of sp³-hybridized carbons (Fsp3) is 0.364. The van der Waals surface area contributed by atoms with Gasteiger partial charge in [0, 0.05) is 54.8 Å². The number of urea groups is 1. The summed E-state index contributed by atoms with van der Waals surface area (Å²) in [6, 6.07) is 21.9. The van der Waals surface area contributed by atoms with Crippen LogP contribution in [-0.4, -0.2) is 65.5 Å². The number of carbonyl (C=O) groups is 1. The van der Waals surface area contributed by atoms with Crippen LogP contribution < -0.4 is 14.8 Å². The van der Waals surface area contributed by atoms with Gasteiger partial charge in [-0.15, -0.1) is 0 Å². The van der Waals surface area contributed by atoms with Crippen LogP contribution in [0.15, 0.2) is 78.1 Å². The Morgan fingerprint density at radius 1 is 0.905 bits per heavy atom. The van der Waals surface area contributed by atoms with Crippen molar-refractivity contribution in [2.75, 3.05) is 39.6 Å². The van der Waals surface area contributed by atoms with E-state index >= 15 is 0 Å². The van der Waals surface area contributed by atoms with Gasteiger partial charge in [-0.3, -0.25) is 4.98 Å². The SMILES string of the molecule is CCCNC(=O)N(CCCCCSc1nc(-c2ccc(OC)cc2)c(-c2ccc(OC)cc2)[nH]1)CCc1ccccn1. The molecule has 0 radical (unpaired) electrons. The molecule has 0 saturated carbocycles. The van der Waals surface area contributed by atoms with E-state index in [4.69, 9.17) is 14.5 Å². The lowest BCUT2D eigenvalue weighted by molar-refractivity contribution is 0.197. The number of rotatable bonds is 16. The molecule has 0 saturated heterocycles.